The highest BCUT2D eigenvalue weighted by Gasteiger charge is 2.36. The van der Waals surface area contributed by atoms with Gasteiger partial charge in [-0.3, -0.25) is 4.79 Å². The van der Waals surface area contributed by atoms with E-state index >= 15 is 0 Å². The maximum atomic E-state index is 12.8. The molecule has 1 N–H and O–H groups in total. The zero-order chi connectivity index (χ0) is 14.1. The molecule has 3 rings (SSSR count). The molecule has 0 radical (unpaired) electrons. The second kappa shape index (κ2) is 5.78. The van der Waals surface area contributed by atoms with E-state index in [4.69, 9.17) is 11.6 Å². The van der Waals surface area contributed by atoms with E-state index in [9.17, 15) is 4.79 Å². The normalized spacial score (nSPS) is 26.4. The number of aromatic nitrogens is 1. The predicted molar refractivity (Wildman–Crippen MR) is 80.2 cm³/mol. The van der Waals surface area contributed by atoms with Gasteiger partial charge in [0.25, 0.3) is 5.91 Å². The van der Waals surface area contributed by atoms with Crippen LogP contribution in [0.15, 0.2) is 12.3 Å². The zero-order valence-corrected chi connectivity index (χ0v) is 12.7. The van der Waals surface area contributed by atoms with Gasteiger partial charge in [0.1, 0.15) is 5.69 Å². The Hall–Kier alpha value is -1.00. The van der Waals surface area contributed by atoms with Crippen molar-refractivity contribution in [1.82, 2.24) is 14.8 Å². The molecule has 1 aromatic heterocycles. The summed E-state index contributed by atoms with van der Waals surface area (Å²) in [4.78, 5) is 14.9. The standard InChI is InChI=1S/C15H22ClN3O/c1-2-18-10-11(16)9-14(18)15(20)19-8-4-6-13(19)12-5-3-7-17-12/h9-10,12-13,17H,2-8H2,1H3. The van der Waals surface area contributed by atoms with Gasteiger partial charge >= 0.3 is 0 Å². The largest absolute Gasteiger partial charge is 0.342 e. The van der Waals surface area contributed by atoms with E-state index in [1.165, 1.54) is 12.8 Å². The van der Waals surface area contributed by atoms with Crippen LogP contribution < -0.4 is 5.32 Å². The third-order valence-corrected chi connectivity index (χ3v) is 4.75. The fourth-order valence-corrected chi connectivity index (χ4v) is 3.79. The summed E-state index contributed by atoms with van der Waals surface area (Å²) in [5.74, 6) is 0.134. The molecule has 1 aromatic rings. The summed E-state index contributed by atoms with van der Waals surface area (Å²) in [7, 11) is 0. The van der Waals surface area contributed by atoms with Crippen molar-refractivity contribution >= 4 is 17.5 Å². The molecule has 3 heterocycles. The Morgan fingerprint density at radius 2 is 2.30 bits per heavy atom. The summed E-state index contributed by atoms with van der Waals surface area (Å²) in [6.07, 6.45) is 6.47. The first kappa shape index (κ1) is 14.0. The van der Waals surface area contributed by atoms with E-state index in [2.05, 4.69) is 10.2 Å². The van der Waals surface area contributed by atoms with Gasteiger partial charge in [0.05, 0.1) is 5.02 Å². The summed E-state index contributed by atoms with van der Waals surface area (Å²) in [5.41, 5.74) is 0.724. The molecule has 2 unspecified atom stereocenters. The Morgan fingerprint density at radius 3 is 3.00 bits per heavy atom. The third kappa shape index (κ3) is 2.47. The fraction of sp³-hybridized carbons (Fsp3) is 0.667. The summed E-state index contributed by atoms with van der Waals surface area (Å²) >= 11 is 6.05. The number of amides is 1. The lowest BCUT2D eigenvalue weighted by atomic mass is 10.0. The predicted octanol–water partition coefficient (Wildman–Crippen LogP) is 2.52. The van der Waals surface area contributed by atoms with Gasteiger partial charge in [-0.25, -0.2) is 0 Å². The molecule has 0 aliphatic carbocycles. The van der Waals surface area contributed by atoms with Crippen LogP contribution in [-0.2, 0) is 6.54 Å². The number of nitrogens with one attached hydrogen (secondary N) is 1. The van der Waals surface area contributed by atoms with Gasteiger partial charge in [-0.1, -0.05) is 11.6 Å². The summed E-state index contributed by atoms with van der Waals surface area (Å²) in [5, 5.41) is 4.19. The van der Waals surface area contributed by atoms with Crippen LogP contribution in [0.5, 0.6) is 0 Å². The molecular weight excluding hydrogens is 274 g/mol. The monoisotopic (exact) mass is 295 g/mol. The number of halogens is 1. The van der Waals surface area contributed by atoms with Gasteiger partial charge in [-0.15, -0.1) is 0 Å². The Labute approximate surface area is 125 Å². The molecule has 20 heavy (non-hydrogen) atoms. The van der Waals surface area contributed by atoms with Crippen molar-refractivity contribution in [2.24, 2.45) is 0 Å². The van der Waals surface area contributed by atoms with Crippen molar-refractivity contribution in [3.8, 4) is 0 Å². The van der Waals surface area contributed by atoms with E-state index in [1.807, 2.05) is 17.7 Å². The van der Waals surface area contributed by atoms with Gasteiger partial charge in [-0.05, 0) is 45.2 Å². The third-order valence-electron chi connectivity index (χ3n) is 4.55. The van der Waals surface area contributed by atoms with Crippen molar-refractivity contribution < 1.29 is 4.79 Å². The van der Waals surface area contributed by atoms with Gasteiger partial charge < -0.3 is 14.8 Å². The maximum absolute atomic E-state index is 12.8. The molecule has 2 aliphatic rings. The van der Waals surface area contributed by atoms with E-state index < -0.39 is 0 Å². The SMILES string of the molecule is CCn1cc(Cl)cc1C(=O)N1CCCC1C1CCCN1. The van der Waals surface area contributed by atoms with E-state index in [-0.39, 0.29) is 5.91 Å². The molecule has 5 heteroatoms. The maximum Gasteiger partial charge on any atom is 0.270 e. The molecule has 0 spiro atoms. The molecule has 2 fully saturated rings. The minimum absolute atomic E-state index is 0.134. The number of carbonyl (C=O) groups excluding carboxylic acids is 1. The average Bonchev–Trinajstić information content (AvgIpc) is 3.16. The first-order chi connectivity index (χ1) is 9.70. The van der Waals surface area contributed by atoms with Crippen LogP contribution in [0, 0.1) is 0 Å². The molecule has 0 bridgehead atoms. The Kier molecular flexibility index (Phi) is 4.03. The van der Waals surface area contributed by atoms with Crippen molar-refractivity contribution in [3.63, 3.8) is 0 Å². The number of hydrogen-bond acceptors (Lipinski definition) is 2. The molecular formula is C15H22ClN3O. The summed E-state index contributed by atoms with van der Waals surface area (Å²) in [6.45, 7) is 4.76. The lowest BCUT2D eigenvalue weighted by Gasteiger charge is -2.29. The van der Waals surface area contributed by atoms with Gasteiger partial charge in [0.15, 0.2) is 0 Å². The lowest BCUT2D eigenvalue weighted by molar-refractivity contribution is 0.0700. The molecule has 0 aromatic carbocycles. The molecule has 2 aliphatic heterocycles. The molecule has 1 amide bonds. The highest BCUT2D eigenvalue weighted by molar-refractivity contribution is 6.31. The van der Waals surface area contributed by atoms with Crippen LogP contribution in [0.1, 0.15) is 43.1 Å². The Morgan fingerprint density at radius 1 is 1.45 bits per heavy atom. The van der Waals surface area contributed by atoms with Crippen LogP contribution >= 0.6 is 11.6 Å². The first-order valence-corrected chi connectivity index (χ1v) is 7.98. The fourth-order valence-electron chi connectivity index (χ4n) is 3.57. The van der Waals surface area contributed by atoms with Crippen molar-refractivity contribution in [1.29, 1.82) is 0 Å². The topological polar surface area (TPSA) is 37.3 Å². The number of nitrogens with zero attached hydrogens (tertiary/aromatic N) is 2. The molecule has 4 nitrogen and oxygen atoms in total. The quantitative estimate of drug-likeness (QED) is 0.930. The van der Waals surface area contributed by atoms with Crippen LogP contribution in [-0.4, -0.2) is 40.5 Å². The van der Waals surface area contributed by atoms with Crippen LogP contribution in [0.4, 0.5) is 0 Å². The van der Waals surface area contributed by atoms with Gasteiger partial charge in [-0.2, -0.15) is 0 Å². The first-order valence-electron chi connectivity index (χ1n) is 7.60. The smallest absolute Gasteiger partial charge is 0.270 e. The van der Waals surface area contributed by atoms with Crippen molar-refractivity contribution in [2.75, 3.05) is 13.1 Å². The van der Waals surface area contributed by atoms with Crippen molar-refractivity contribution in [3.05, 3.63) is 23.0 Å². The number of likely N-dealkylation sites (tertiary alicyclic amines) is 1. The minimum atomic E-state index is 0.134. The van der Waals surface area contributed by atoms with Crippen LogP contribution in [0.2, 0.25) is 5.02 Å². The summed E-state index contributed by atoms with van der Waals surface area (Å²) in [6, 6.07) is 2.62. The van der Waals surface area contributed by atoms with Crippen molar-refractivity contribution in [2.45, 2.75) is 51.2 Å². The van der Waals surface area contributed by atoms with E-state index in [0.717, 1.165) is 38.2 Å². The highest BCUT2D eigenvalue weighted by Crippen LogP contribution is 2.27. The Balaban J connectivity index is 1.81. The Bertz CT molecular complexity index is 493. The highest BCUT2D eigenvalue weighted by atomic mass is 35.5. The van der Waals surface area contributed by atoms with E-state index in [1.54, 1.807) is 6.07 Å². The second-order valence-electron chi connectivity index (χ2n) is 5.74. The summed E-state index contributed by atoms with van der Waals surface area (Å²) < 4.78 is 1.95. The number of carbonyl (C=O) groups is 1. The number of rotatable bonds is 3. The number of hydrogen-bond donors (Lipinski definition) is 1. The molecule has 2 saturated heterocycles. The number of aryl methyl sites for hydroxylation is 1. The minimum Gasteiger partial charge on any atom is -0.342 e. The second-order valence-corrected chi connectivity index (χ2v) is 6.18. The lowest BCUT2D eigenvalue weighted by Crippen LogP contribution is -2.47. The zero-order valence-electron chi connectivity index (χ0n) is 11.9. The van der Waals surface area contributed by atoms with Gasteiger partial charge in [0, 0.05) is 31.4 Å². The van der Waals surface area contributed by atoms with Gasteiger partial charge in [0.2, 0.25) is 0 Å². The van der Waals surface area contributed by atoms with Crippen LogP contribution in [0.3, 0.4) is 0 Å². The van der Waals surface area contributed by atoms with Crippen LogP contribution in [0.25, 0.3) is 0 Å². The van der Waals surface area contributed by atoms with E-state index in [0.29, 0.717) is 17.1 Å². The molecule has 110 valence electrons. The molecule has 2 atom stereocenters. The average molecular weight is 296 g/mol. The molecule has 0 saturated carbocycles.